The number of rotatable bonds is 3. The summed E-state index contributed by atoms with van der Waals surface area (Å²) in [5, 5.41) is 9.23. The quantitative estimate of drug-likeness (QED) is 0.932. The van der Waals surface area contributed by atoms with Crippen molar-refractivity contribution in [3.63, 3.8) is 0 Å². The van der Waals surface area contributed by atoms with Gasteiger partial charge in [-0.25, -0.2) is 18.4 Å². The number of hydrogen-bond donors (Lipinski definition) is 1. The molecule has 0 bridgehead atoms. The molecule has 0 spiro atoms. The van der Waals surface area contributed by atoms with Crippen LogP contribution in [0.25, 0.3) is 0 Å². The van der Waals surface area contributed by atoms with Gasteiger partial charge in [0.2, 0.25) is 0 Å². The molecule has 5 nitrogen and oxygen atoms in total. The van der Waals surface area contributed by atoms with E-state index in [1.165, 1.54) is 7.05 Å². The standard InChI is InChI=1S/C14H17F2NO4/c1-14(2,3)21-13(20)17(4)11(12(18)19)8-5-9(15)7-10(16)6-8/h5-7,11H,1-4H3,(H,18,19). The molecule has 1 atom stereocenters. The summed E-state index contributed by atoms with van der Waals surface area (Å²) in [5.74, 6) is -3.27. The monoisotopic (exact) mass is 301 g/mol. The SMILES string of the molecule is CN(C(=O)OC(C)(C)C)C(C(=O)O)c1cc(F)cc(F)c1. The van der Waals surface area contributed by atoms with Crippen LogP contribution in [0.15, 0.2) is 18.2 Å². The molecule has 1 unspecified atom stereocenters. The van der Waals surface area contributed by atoms with Gasteiger partial charge in [-0.05, 0) is 38.5 Å². The van der Waals surface area contributed by atoms with Crippen molar-refractivity contribution in [3.05, 3.63) is 35.4 Å². The molecular weight excluding hydrogens is 284 g/mol. The van der Waals surface area contributed by atoms with Crippen LogP contribution in [0, 0.1) is 11.6 Å². The molecular formula is C14H17F2NO4. The van der Waals surface area contributed by atoms with E-state index in [9.17, 15) is 23.5 Å². The van der Waals surface area contributed by atoms with E-state index in [0.29, 0.717) is 6.07 Å². The lowest BCUT2D eigenvalue weighted by molar-refractivity contribution is -0.142. The highest BCUT2D eigenvalue weighted by Crippen LogP contribution is 2.24. The first-order valence-electron chi connectivity index (χ1n) is 6.16. The van der Waals surface area contributed by atoms with E-state index >= 15 is 0 Å². The maximum Gasteiger partial charge on any atom is 0.411 e. The summed E-state index contributed by atoms with van der Waals surface area (Å²) in [6.45, 7) is 4.86. The average molecular weight is 301 g/mol. The summed E-state index contributed by atoms with van der Waals surface area (Å²) in [7, 11) is 1.19. The van der Waals surface area contributed by atoms with E-state index in [1.807, 2.05) is 0 Å². The van der Waals surface area contributed by atoms with Gasteiger partial charge in [-0.3, -0.25) is 4.90 Å². The number of likely N-dealkylation sites (N-methyl/N-ethyl adjacent to an activating group) is 1. The van der Waals surface area contributed by atoms with Gasteiger partial charge in [0.15, 0.2) is 6.04 Å². The van der Waals surface area contributed by atoms with Crippen molar-refractivity contribution in [1.29, 1.82) is 0 Å². The smallest absolute Gasteiger partial charge is 0.411 e. The van der Waals surface area contributed by atoms with E-state index in [2.05, 4.69) is 0 Å². The predicted octanol–water partition coefficient (Wildman–Crippen LogP) is 2.96. The Morgan fingerprint density at radius 1 is 1.19 bits per heavy atom. The van der Waals surface area contributed by atoms with Gasteiger partial charge >= 0.3 is 12.1 Å². The van der Waals surface area contributed by atoms with E-state index in [-0.39, 0.29) is 5.56 Å². The van der Waals surface area contributed by atoms with Crippen molar-refractivity contribution in [2.24, 2.45) is 0 Å². The van der Waals surface area contributed by atoms with Crippen molar-refractivity contribution in [1.82, 2.24) is 4.90 Å². The van der Waals surface area contributed by atoms with Crippen LogP contribution in [-0.2, 0) is 9.53 Å². The fourth-order valence-corrected chi connectivity index (χ4v) is 1.70. The number of nitrogens with zero attached hydrogens (tertiary/aromatic N) is 1. The minimum atomic E-state index is -1.55. The lowest BCUT2D eigenvalue weighted by atomic mass is 10.1. The van der Waals surface area contributed by atoms with Gasteiger partial charge in [0.25, 0.3) is 0 Å². The molecule has 0 aromatic heterocycles. The maximum atomic E-state index is 13.2. The molecule has 1 amide bonds. The molecule has 116 valence electrons. The van der Waals surface area contributed by atoms with Gasteiger partial charge in [0, 0.05) is 13.1 Å². The van der Waals surface area contributed by atoms with Gasteiger partial charge in [-0.15, -0.1) is 0 Å². The predicted molar refractivity (Wildman–Crippen MR) is 70.7 cm³/mol. The summed E-state index contributed by atoms with van der Waals surface area (Å²) in [6, 6.07) is 0.798. The largest absolute Gasteiger partial charge is 0.479 e. The van der Waals surface area contributed by atoms with Gasteiger partial charge in [-0.2, -0.15) is 0 Å². The Hall–Kier alpha value is -2.18. The second-order valence-electron chi connectivity index (χ2n) is 5.53. The number of carboxylic acids is 1. The molecule has 0 saturated carbocycles. The summed E-state index contributed by atoms with van der Waals surface area (Å²) >= 11 is 0. The van der Waals surface area contributed by atoms with E-state index < -0.39 is 35.3 Å². The lowest BCUT2D eigenvalue weighted by Gasteiger charge is -2.28. The van der Waals surface area contributed by atoms with Crippen LogP contribution < -0.4 is 0 Å². The first kappa shape index (κ1) is 16.9. The third-order valence-electron chi connectivity index (χ3n) is 2.50. The first-order valence-corrected chi connectivity index (χ1v) is 6.16. The summed E-state index contributed by atoms with van der Waals surface area (Å²) in [4.78, 5) is 24.0. The number of benzene rings is 1. The number of amides is 1. The highest BCUT2D eigenvalue weighted by Gasteiger charge is 2.32. The number of carbonyl (C=O) groups excluding carboxylic acids is 1. The van der Waals surface area contributed by atoms with Gasteiger partial charge in [0.05, 0.1) is 0 Å². The molecule has 0 aliphatic heterocycles. The Morgan fingerprint density at radius 3 is 2.05 bits per heavy atom. The number of halogens is 2. The van der Waals surface area contributed by atoms with Crippen LogP contribution in [0.2, 0.25) is 0 Å². The fourth-order valence-electron chi connectivity index (χ4n) is 1.70. The van der Waals surface area contributed by atoms with Gasteiger partial charge < -0.3 is 9.84 Å². The topological polar surface area (TPSA) is 66.8 Å². The van der Waals surface area contributed by atoms with Crippen molar-refractivity contribution < 1.29 is 28.2 Å². The van der Waals surface area contributed by atoms with Crippen LogP contribution >= 0.6 is 0 Å². The number of aliphatic carboxylic acids is 1. The van der Waals surface area contributed by atoms with E-state index in [4.69, 9.17) is 4.74 Å². The normalized spacial score (nSPS) is 12.7. The third kappa shape index (κ3) is 4.70. The third-order valence-corrected chi connectivity index (χ3v) is 2.50. The summed E-state index contributed by atoms with van der Waals surface area (Å²) < 4.78 is 31.5. The second-order valence-corrected chi connectivity index (χ2v) is 5.53. The molecule has 0 aliphatic carbocycles. The van der Waals surface area contributed by atoms with Gasteiger partial charge in [0.1, 0.15) is 17.2 Å². The van der Waals surface area contributed by atoms with Crippen molar-refractivity contribution in [3.8, 4) is 0 Å². The van der Waals surface area contributed by atoms with E-state index in [1.54, 1.807) is 20.8 Å². The highest BCUT2D eigenvalue weighted by atomic mass is 19.1. The van der Waals surface area contributed by atoms with Crippen molar-refractivity contribution in [2.75, 3.05) is 7.05 Å². The molecule has 1 N–H and O–H groups in total. The highest BCUT2D eigenvalue weighted by molar-refractivity contribution is 5.81. The minimum Gasteiger partial charge on any atom is -0.479 e. The molecule has 0 radical (unpaired) electrons. The molecule has 21 heavy (non-hydrogen) atoms. The van der Waals surface area contributed by atoms with Crippen molar-refractivity contribution in [2.45, 2.75) is 32.4 Å². The Labute approximate surface area is 121 Å². The minimum absolute atomic E-state index is 0.187. The van der Waals surface area contributed by atoms with Crippen LogP contribution in [0.1, 0.15) is 32.4 Å². The zero-order valence-corrected chi connectivity index (χ0v) is 12.2. The summed E-state index contributed by atoms with van der Waals surface area (Å²) in [6.07, 6.45) is -0.903. The zero-order chi connectivity index (χ0) is 16.4. The fraction of sp³-hybridized carbons (Fsp3) is 0.429. The number of carbonyl (C=O) groups is 2. The number of ether oxygens (including phenoxy) is 1. The molecule has 1 aromatic carbocycles. The Morgan fingerprint density at radius 2 is 1.67 bits per heavy atom. The number of carboxylic acid groups (broad SMARTS) is 1. The average Bonchev–Trinajstić information content (AvgIpc) is 2.24. The molecule has 0 saturated heterocycles. The van der Waals surface area contributed by atoms with E-state index in [0.717, 1.165) is 17.0 Å². The summed E-state index contributed by atoms with van der Waals surface area (Å²) in [5.41, 5.74) is -1.00. The Bertz CT molecular complexity index is 534. The second kappa shape index (κ2) is 6.07. The molecule has 7 heteroatoms. The molecule has 1 aromatic rings. The van der Waals surface area contributed by atoms with Crippen LogP contribution in [-0.4, -0.2) is 34.7 Å². The van der Waals surface area contributed by atoms with Crippen LogP contribution in [0.3, 0.4) is 0 Å². The maximum absolute atomic E-state index is 13.2. The molecule has 1 rings (SSSR count). The Balaban J connectivity index is 3.12. The molecule has 0 fully saturated rings. The zero-order valence-electron chi connectivity index (χ0n) is 12.2. The van der Waals surface area contributed by atoms with Crippen LogP contribution in [0.5, 0.6) is 0 Å². The molecule has 0 aliphatic rings. The Kier molecular flexibility index (Phi) is 4.88. The molecule has 0 heterocycles. The first-order chi connectivity index (χ1) is 9.51. The van der Waals surface area contributed by atoms with Crippen LogP contribution in [0.4, 0.5) is 13.6 Å². The van der Waals surface area contributed by atoms with Crippen molar-refractivity contribution >= 4 is 12.1 Å². The number of hydrogen-bond acceptors (Lipinski definition) is 3. The lowest BCUT2D eigenvalue weighted by Crippen LogP contribution is -2.39. The van der Waals surface area contributed by atoms with Gasteiger partial charge in [-0.1, -0.05) is 0 Å².